The molecule has 2 saturated heterocycles. The summed E-state index contributed by atoms with van der Waals surface area (Å²) >= 11 is 0. The summed E-state index contributed by atoms with van der Waals surface area (Å²) in [6.07, 6.45) is 6.79. The molecule has 4 heteroatoms. The largest absolute Gasteiger partial charge is 0.381 e. The summed E-state index contributed by atoms with van der Waals surface area (Å²) in [5.74, 6) is 0.859. The molecule has 1 saturated carbocycles. The number of methoxy groups -OCH3 is 1. The first-order valence-electron chi connectivity index (χ1n) is 7.87. The van der Waals surface area contributed by atoms with Crippen LogP contribution >= 0.6 is 0 Å². The second kappa shape index (κ2) is 5.32. The molecule has 2 aliphatic heterocycles. The van der Waals surface area contributed by atoms with Gasteiger partial charge in [0.25, 0.3) is 0 Å². The van der Waals surface area contributed by atoms with Crippen molar-refractivity contribution in [2.24, 2.45) is 11.7 Å². The van der Waals surface area contributed by atoms with Crippen molar-refractivity contribution in [1.29, 1.82) is 0 Å². The van der Waals surface area contributed by atoms with Gasteiger partial charge < -0.3 is 15.4 Å². The third kappa shape index (κ3) is 2.33. The summed E-state index contributed by atoms with van der Waals surface area (Å²) in [6.45, 7) is 4.55. The monoisotopic (exact) mass is 267 g/mol. The minimum Gasteiger partial charge on any atom is -0.381 e. The zero-order valence-corrected chi connectivity index (χ0v) is 12.5. The average Bonchev–Trinajstić information content (AvgIpc) is 2.39. The minimum atomic E-state index is 0.252. The van der Waals surface area contributed by atoms with Gasteiger partial charge in [-0.15, -0.1) is 0 Å². The van der Waals surface area contributed by atoms with Crippen molar-refractivity contribution in [3.63, 3.8) is 0 Å². The molecule has 19 heavy (non-hydrogen) atoms. The Morgan fingerprint density at radius 3 is 2.74 bits per heavy atom. The summed E-state index contributed by atoms with van der Waals surface area (Å²) in [7, 11) is 4.13. The standard InChI is InChI=1S/C15H29N3O/c1-17-6-3-4-12-10-18(7-5-14(12)17)15(11-16)8-13(9-15)19-2/h12-14H,3-11,16H2,1-2H3. The van der Waals surface area contributed by atoms with E-state index < -0.39 is 0 Å². The van der Waals surface area contributed by atoms with E-state index in [0.29, 0.717) is 6.10 Å². The minimum absolute atomic E-state index is 0.252. The van der Waals surface area contributed by atoms with Crippen LogP contribution in [-0.2, 0) is 4.74 Å². The van der Waals surface area contributed by atoms with Gasteiger partial charge in [-0.2, -0.15) is 0 Å². The van der Waals surface area contributed by atoms with Crippen LogP contribution in [0.1, 0.15) is 32.1 Å². The molecule has 0 spiro atoms. The second-order valence-corrected chi connectivity index (χ2v) is 6.88. The molecule has 2 N–H and O–H groups in total. The highest BCUT2D eigenvalue weighted by Gasteiger charge is 2.50. The van der Waals surface area contributed by atoms with Crippen LogP contribution in [0.15, 0.2) is 0 Å². The first-order valence-corrected chi connectivity index (χ1v) is 7.87. The fourth-order valence-corrected chi connectivity index (χ4v) is 4.59. The number of ether oxygens (including phenoxy) is 1. The van der Waals surface area contributed by atoms with Crippen molar-refractivity contribution in [2.45, 2.75) is 49.8 Å². The van der Waals surface area contributed by atoms with Gasteiger partial charge in [0.1, 0.15) is 0 Å². The number of nitrogens with two attached hydrogens (primary N) is 1. The Morgan fingerprint density at radius 2 is 2.05 bits per heavy atom. The molecular formula is C15H29N3O. The Bertz CT molecular complexity index is 317. The Hall–Kier alpha value is -0.160. The molecule has 0 aromatic heterocycles. The topological polar surface area (TPSA) is 41.7 Å². The lowest BCUT2D eigenvalue weighted by molar-refractivity contribution is -0.111. The number of rotatable bonds is 3. The van der Waals surface area contributed by atoms with E-state index in [1.54, 1.807) is 0 Å². The smallest absolute Gasteiger partial charge is 0.0607 e. The Kier molecular flexibility index (Phi) is 3.87. The molecule has 0 bridgehead atoms. The van der Waals surface area contributed by atoms with Gasteiger partial charge in [0, 0.05) is 38.3 Å². The molecular weight excluding hydrogens is 238 g/mol. The molecule has 110 valence electrons. The van der Waals surface area contributed by atoms with Crippen molar-refractivity contribution < 1.29 is 4.74 Å². The van der Waals surface area contributed by atoms with Crippen LogP contribution in [0.4, 0.5) is 0 Å². The zero-order chi connectivity index (χ0) is 13.5. The normalized spacial score (nSPS) is 44.7. The number of nitrogens with zero attached hydrogens (tertiary/aromatic N) is 2. The number of fused-ring (bicyclic) bond motifs is 1. The lowest BCUT2D eigenvalue weighted by Gasteiger charge is -2.57. The highest BCUT2D eigenvalue weighted by atomic mass is 16.5. The first-order chi connectivity index (χ1) is 9.18. The molecule has 2 heterocycles. The van der Waals surface area contributed by atoms with E-state index >= 15 is 0 Å². The third-order valence-corrected chi connectivity index (χ3v) is 5.95. The van der Waals surface area contributed by atoms with E-state index in [0.717, 1.165) is 31.3 Å². The van der Waals surface area contributed by atoms with Crippen molar-refractivity contribution in [1.82, 2.24) is 9.80 Å². The number of hydrogen-bond donors (Lipinski definition) is 1. The number of likely N-dealkylation sites (tertiary alicyclic amines) is 2. The van der Waals surface area contributed by atoms with E-state index in [4.69, 9.17) is 10.5 Å². The fraction of sp³-hybridized carbons (Fsp3) is 1.00. The summed E-state index contributed by atoms with van der Waals surface area (Å²) < 4.78 is 5.47. The molecule has 2 unspecified atom stereocenters. The van der Waals surface area contributed by atoms with Gasteiger partial charge in [-0.3, -0.25) is 4.90 Å². The molecule has 0 amide bonds. The van der Waals surface area contributed by atoms with Gasteiger partial charge in [-0.05, 0) is 51.6 Å². The summed E-state index contributed by atoms with van der Waals surface area (Å²) in [5.41, 5.74) is 6.36. The van der Waals surface area contributed by atoms with Crippen LogP contribution in [0.5, 0.6) is 0 Å². The maximum Gasteiger partial charge on any atom is 0.0607 e. The number of piperidine rings is 2. The van der Waals surface area contributed by atoms with Crippen LogP contribution in [0, 0.1) is 5.92 Å². The second-order valence-electron chi connectivity index (χ2n) is 6.88. The van der Waals surface area contributed by atoms with Crippen molar-refractivity contribution >= 4 is 0 Å². The first kappa shape index (κ1) is 13.8. The van der Waals surface area contributed by atoms with Gasteiger partial charge in [0.2, 0.25) is 0 Å². The molecule has 1 aliphatic carbocycles. The van der Waals surface area contributed by atoms with Gasteiger partial charge in [-0.1, -0.05) is 0 Å². The van der Waals surface area contributed by atoms with E-state index in [1.807, 2.05) is 7.11 Å². The fourth-order valence-electron chi connectivity index (χ4n) is 4.59. The Labute approximate surface area is 117 Å². The zero-order valence-electron chi connectivity index (χ0n) is 12.5. The third-order valence-electron chi connectivity index (χ3n) is 5.95. The van der Waals surface area contributed by atoms with Crippen molar-refractivity contribution in [2.75, 3.05) is 40.3 Å². The van der Waals surface area contributed by atoms with Crippen LogP contribution in [0.25, 0.3) is 0 Å². The predicted octanol–water partition coefficient (Wildman–Crippen LogP) is 0.909. The summed E-state index contributed by atoms with van der Waals surface area (Å²) in [5, 5.41) is 0. The van der Waals surface area contributed by atoms with Crippen LogP contribution < -0.4 is 5.73 Å². The lowest BCUT2D eigenvalue weighted by atomic mass is 9.70. The van der Waals surface area contributed by atoms with Crippen molar-refractivity contribution in [3.05, 3.63) is 0 Å². The number of hydrogen-bond acceptors (Lipinski definition) is 4. The van der Waals surface area contributed by atoms with E-state index in [2.05, 4.69) is 16.8 Å². The quantitative estimate of drug-likeness (QED) is 0.825. The molecule has 0 radical (unpaired) electrons. The molecule has 3 aliphatic rings. The molecule has 3 fully saturated rings. The molecule has 0 aromatic rings. The SMILES string of the molecule is COC1CC(CN)(N2CCC3C(CCCN3C)C2)C1. The molecule has 0 aromatic carbocycles. The van der Waals surface area contributed by atoms with Gasteiger partial charge in [0.05, 0.1) is 6.10 Å². The van der Waals surface area contributed by atoms with E-state index in [9.17, 15) is 0 Å². The highest BCUT2D eigenvalue weighted by molar-refractivity contribution is 5.06. The Morgan fingerprint density at radius 1 is 1.26 bits per heavy atom. The van der Waals surface area contributed by atoms with E-state index in [1.165, 1.54) is 38.9 Å². The molecule has 3 rings (SSSR count). The van der Waals surface area contributed by atoms with Crippen LogP contribution in [-0.4, -0.2) is 67.8 Å². The van der Waals surface area contributed by atoms with Crippen molar-refractivity contribution in [3.8, 4) is 0 Å². The summed E-state index contributed by atoms with van der Waals surface area (Å²) in [6, 6.07) is 0.818. The maximum absolute atomic E-state index is 6.10. The average molecular weight is 267 g/mol. The lowest BCUT2D eigenvalue weighted by Crippen LogP contribution is -2.67. The predicted molar refractivity (Wildman–Crippen MR) is 77.1 cm³/mol. The van der Waals surface area contributed by atoms with Gasteiger partial charge >= 0.3 is 0 Å². The Balaban J connectivity index is 1.64. The molecule has 4 nitrogen and oxygen atoms in total. The highest BCUT2D eigenvalue weighted by Crippen LogP contribution is 2.42. The van der Waals surface area contributed by atoms with Gasteiger partial charge in [-0.25, -0.2) is 0 Å². The van der Waals surface area contributed by atoms with Gasteiger partial charge in [0.15, 0.2) is 0 Å². The molecule has 2 atom stereocenters. The van der Waals surface area contributed by atoms with Crippen LogP contribution in [0.2, 0.25) is 0 Å². The summed E-state index contributed by atoms with van der Waals surface area (Å²) in [4.78, 5) is 5.28. The van der Waals surface area contributed by atoms with Crippen LogP contribution in [0.3, 0.4) is 0 Å². The van der Waals surface area contributed by atoms with E-state index in [-0.39, 0.29) is 5.54 Å². The maximum atomic E-state index is 6.10.